The Labute approximate surface area is 260 Å². The van der Waals surface area contributed by atoms with Gasteiger partial charge in [0.1, 0.15) is 35.4 Å². The highest BCUT2D eigenvalue weighted by Gasteiger charge is 2.22. The molecule has 4 aromatic rings. The summed E-state index contributed by atoms with van der Waals surface area (Å²) >= 11 is 0. The van der Waals surface area contributed by atoms with Gasteiger partial charge in [-0.25, -0.2) is 33.1 Å². The Bertz CT molecular complexity index is 1650. The van der Waals surface area contributed by atoms with E-state index in [-0.39, 0.29) is 54.6 Å². The number of pyridine rings is 2. The minimum Gasteiger partial charge on any atom is -0.389 e. The molecule has 0 saturated carbocycles. The Hall–Kier alpha value is -3.92. The average Bonchev–Trinajstić information content (AvgIpc) is 3.29. The second kappa shape index (κ2) is 14.0. The number of nitrogens with one attached hydrogen (secondary N) is 3. The first-order valence-electron chi connectivity index (χ1n) is 14.5. The van der Waals surface area contributed by atoms with Crippen LogP contribution in [0.5, 0.6) is 0 Å². The van der Waals surface area contributed by atoms with Crippen LogP contribution in [0.1, 0.15) is 38.5 Å². The highest BCUT2D eigenvalue weighted by atomic mass is 28.3. The summed E-state index contributed by atoms with van der Waals surface area (Å²) in [5, 5.41) is 19.5. The molecule has 0 aliphatic heterocycles. The lowest BCUT2D eigenvalue weighted by Crippen LogP contribution is -2.34. The van der Waals surface area contributed by atoms with Crippen molar-refractivity contribution in [3.8, 4) is 11.5 Å². The summed E-state index contributed by atoms with van der Waals surface area (Å²) < 4.78 is 50.0. The van der Waals surface area contributed by atoms with Crippen LogP contribution in [0.4, 0.5) is 30.5 Å². The Morgan fingerprint density at radius 1 is 1.18 bits per heavy atom. The smallest absolute Gasteiger partial charge is 0.280 e. The molecule has 0 aliphatic carbocycles. The molecule has 45 heavy (non-hydrogen) atoms. The van der Waals surface area contributed by atoms with Crippen molar-refractivity contribution < 1.29 is 27.8 Å². The summed E-state index contributed by atoms with van der Waals surface area (Å²) in [6.07, 6.45) is -0.0138. The fourth-order valence-corrected chi connectivity index (χ4v) is 5.11. The van der Waals surface area contributed by atoms with Crippen LogP contribution in [0, 0.1) is 5.82 Å². The largest absolute Gasteiger partial charge is 0.389 e. The number of hydrogen-bond acceptors (Lipinski definition) is 9. The van der Waals surface area contributed by atoms with Crippen molar-refractivity contribution in [2.75, 3.05) is 23.8 Å². The second-order valence-electron chi connectivity index (χ2n) is 12.6. The van der Waals surface area contributed by atoms with E-state index in [0.29, 0.717) is 23.2 Å². The summed E-state index contributed by atoms with van der Waals surface area (Å²) in [6, 6.07) is 6.44. The van der Waals surface area contributed by atoms with Crippen LogP contribution in [-0.4, -0.2) is 62.3 Å². The highest BCUT2D eigenvalue weighted by molar-refractivity contribution is 6.76. The maximum Gasteiger partial charge on any atom is 0.280 e. The van der Waals surface area contributed by atoms with Crippen molar-refractivity contribution in [2.24, 2.45) is 0 Å². The van der Waals surface area contributed by atoms with Crippen LogP contribution in [-0.2, 0) is 22.8 Å². The van der Waals surface area contributed by atoms with Crippen LogP contribution in [0.15, 0.2) is 36.7 Å². The molecule has 0 radical (unpaired) electrons. The van der Waals surface area contributed by atoms with Crippen LogP contribution < -0.4 is 16.0 Å². The van der Waals surface area contributed by atoms with E-state index in [1.807, 2.05) is 6.20 Å². The van der Waals surface area contributed by atoms with E-state index in [1.54, 1.807) is 18.4 Å². The summed E-state index contributed by atoms with van der Waals surface area (Å²) in [4.78, 5) is 28.9. The predicted molar refractivity (Wildman–Crippen MR) is 170 cm³/mol. The summed E-state index contributed by atoms with van der Waals surface area (Å²) in [5.74, 6) is -0.793. The van der Waals surface area contributed by atoms with Gasteiger partial charge in [-0.15, -0.1) is 0 Å². The van der Waals surface area contributed by atoms with Gasteiger partial charge in [0.15, 0.2) is 11.6 Å². The zero-order valence-electron chi connectivity index (χ0n) is 26.2. The number of hydrogen-bond donors (Lipinski definition) is 4. The van der Waals surface area contributed by atoms with Gasteiger partial charge in [-0.2, -0.15) is 0 Å². The van der Waals surface area contributed by atoms with Gasteiger partial charge in [-0.3, -0.25) is 4.79 Å². The van der Waals surface area contributed by atoms with Crippen molar-refractivity contribution in [1.82, 2.24) is 29.8 Å². The number of carbonyl (C=O) groups is 1. The molecule has 0 aliphatic rings. The lowest BCUT2D eigenvalue weighted by atomic mass is 10.1. The van der Waals surface area contributed by atoms with E-state index in [9.17, 15) is 18.7 Å². The van der Waals surface area contributed by atoms with Gasteiger partial charge < -0.3 is 30.4 Å². The number of aromatic nitrogens is 5. The number of fused-ring (bicyclic) bond motifs is 1. The third kappa shape index (κ3) is 9.53. The Kier molecular flexibility index (Phi) is 10.6. The maximum absolute atomic E-state index is 15.1. The molecule has 4 N–H and O–H groups in total. The van der Waals surface area contributed by atoms with Crippen LogP contribution in [0.25, 0.3) is 22.6 Å². The number of halogens is 3. The number of ether oxygens (including phenoxy) is 1. The number of alkyl halides is 2. The van der Waals surface area contributed by atoms with E-state index in [1.165, 1.54) is 31.2 Å². The van der Waals surface area contributed by atoms with E-state index < -0.39 is 31.6 Å². The predicted octanol–water partition coefficient (Wildman–Crippen LogP) is 5.84. The fraction of sp³-hybridized carbons (Fsp3) is 0.433. The molecule has 15 heteroatoms. The van der Waals surface area contributed by atoms with Gasteiger partial charge >= 0.3 is 0 Å². The first-order chi connectivity index (χ1) is 21.1. The van der Waals surface area contributed by atoms with Gasteiger partial charge in [0.05, 0.1) is 22.9 Å². The van der Waals surface area contributed by atoms with Gasteiger partial charge in [0, 0.05) is 47.0 Å². The molecular formula is C30H39F3N8O3Si. The normalized spacial score (nSPS) is 12.2. The van der Waals surface area contributed by atoms with Crippen LogP contribution in [0.3, 0.4) is 0 Å². The lowest BCUT2D eigenvalue weighted by Gasteiger charge is -2.17. The summed E-state index contributed by atoms with van der Waals surface area (Å²) in [6.45, 7) is 12.7. The van der Waals surface area contributed by atoms with Gasteiger partial charge in [0.25, 0.3) is 6.43 Å². The molecule has 0 spiro atoms. The molecule has 1 amide bonds. The van der Waals surface area contributed by atoms with Crippen LogP contribution in [0.2, 0.25) is 25.7 Å². The third-order valence-electron chi connectivity index (χ3n) is 6.53. The topological polar surface area (TPSA) is 139 Å². The highest BCUT2D eigenvalue weighted by Crippen LogP contribution is 2.33. The lowest BCUT2D eigenvalue weighted by molar-refractivity contribution is -0.114. The van der Waals surface area contributed by atoms with Crippen LogP contribution >= 0.6 is 0 Å². The Morgan fingerprint density at radius 3 is 2.60 bits per heavy atom. The SMILES string of the molecule is CC(=O)Nc1cc(Nc2nc(-c3cccc(C(F)F)n3)nc3c2c(CNCC(C)(C)O)cn3COCC[Si](C)(C)C)c(F)cn1. The summed E-state index contributed by atoms with van der Waals surface area (Å²) in [7, 11) is -1.36. The Morgan fingerprint density at radius 2 is 1.93 bits per heavy atom. The first-order valence-corrected chi connectivity index (χ1v) is 18.2. The van der Waals surface area contributed by atoms with Gasteiger partial charge in [-0.1, -0.05) is 25.7 Å². The van der Waals surface area contributed by atoms with Crippen molar-refractivity contribution >= 4 is 42.3 Å². The molecule has 4 rings (SSSR count). The van der Waals surface area contributed by atoms with E-state index in [4.69, 9.17) is 9.72 Å². The number of nitrogens with zero attached hydrogens (tertiary/aromatic N) is 5. The van der Waals surface area contributed by atoms with E-state index in [2.05, 4.69) is 50.5 Å². The standard InChI is InChI=1S/C30H39F3N8O3Si/c1-18(42)36-24-12-23(20(31)14-35-24)38-28-25-19(13-34-16-30(2,3)43)15-41(17-44-10-11-45(4,5)6)29(25)40-27(39-28)22-9-7-8-21(37-22)26(32)33/h7-9,12,14-15,26,34,43H,10-11,13,16-17H2,1-6H3,(H2,35,36,38,39,40,42). The minimum atomic E-state index is -2.80. The van der Waals surface area contributed by atoms with E-state index >= 15 is 4.39 Å². The molecular weight excluding hydrogens is 605 g/mol. The van der Waals surface area contributed by atoms with Gasteiger partial charge in [0.2, 0.25) is 5.91 Å². The minimum absolute atomic E-state index is 0.0292. The molecule has 4 heterocycles. The molecule has 0 saturated heterocycles. The number of carbonyl (C=O) groups excluding carboxylic acids is 1. The first kappa shape index (κ1) is 34.0. The summed E-state index contributed by atoms with van der Waals surface area (Å²) in [5.41, 5.74) is -0.249. The van der Waals surface area contributed by atoms with Crippen molar-refractivity contribution in [3.63, 3.8) is 0 Å². The molecule has 0 bridgehead atoms. The average molecular weight is 645 g/mol. The zero-order chi connectivity index (χ0) is 32.9. The maximum atomic E-state index is 15.1. The molecule has 0 atom stereocenters. The van der Waals surface area contributed by atoms with Crippen molar-refractivity contribution in [1.29, 1.82) is 0 Å². The number of anilines is 3. The molecule has 0 aromatic carbocycles. The monoisotopic (exact) mass is 644 g/mol. The number of amides is 1. The molecule has 4 aromatic heterocycles. The molecule has 0 unspecified atom stereocenters. The van der Waals surface area contributed by atoms with Crippen molar-refractivity contribution in [2.45, 2.75) is 71.8 Å². The van der Waals surface area contributed by atoms with E-state index in [0.717, 1.165) is 12.2 Å². The van der Waals surface area contributed by atoms with Gasteiger partial charge in [-0.05, 0) is 37.6 Å². The second-order valence-corrected chi connectivity index (χ2v) is 18.2. The molecule has 0 fully saturated rings. The van der Waals surface area contributed by atoms with Crippen molar-refractivity contribution in [3.05, 3.63) is 53.7 Å². The Balaban J connectivity index is 1.87. The fourth-order valence-electron chi connectivity index (χ4n) is 4.36. The number of rotatable bonds is 14. The quantitative estimate of drug-likeness (QED) is 0.0985. The zero-order valence-corrected chi connectivity index (χ0v) is 27.2. The number of aliphatic hydroxyl groups is 1. The molecule has 11 nitrogen and oxygen atoms in total. The molecule has 242 valence electrons. The third-order valence-corrected chi connectivity index (χ3v) is 8.23.